The first-order chi connectivity index (χ1) is 8.63. The molecule has 1 atom stereocenters. The summed E-state index contributed by atoms with van der Waals surface area (Å²) < 4.78 is 12.7. The monoisotopic (exact) mass is 258 g/mol. The highest BCUT2D eigenvalue weighted by Gasteiger charge is 2.50. The number of aliphatic carboxylic acids is 1. The number of ether oxygens (including phenoxy) is 1. The first-order valence-electron chi connectivity index (χ1n) is 6.87. The molecule has 1 aliphatic carbocycles. The number of nitrogens with zero attached hydrogens (tertiary/aromatic N) is 1. The van der Waals surface area contributed by atoms with Crippen LogP contribution in [0.4, 0.5) is 4.79 Å². The molecule has 1 fully saturated rings. The predicted molar refractivity (Wildman–Crippen MR) is 67.4 cm³/mol. The Morgan fingerprint density at radius 2 is 1.89 bits per heavy atom. The number of carboxylic acid groups (broad SMARTS) is 1. The Morgan fingerprint density at radius 3 is 2.17 bits per heavy atom. The standard InChI is InChI=1S/C13H23NO4/c1-12(2,3)18-11(17)14(5)13(4,10(15)16)9-7-6-8-9/h9H,6-8H2,1-5H3,(H,15,16)/i5D. The second-order valence-corrected chi connectivity index (χ2v) is 5.99. The maximum Gasteiger partial charge on any atom is 0.410 e. The van der Waals surface area contributed by atoms with Gasteiger partial charge in [0.2, 0.25) is 0 Å². The highest BCUT2D eigenvalue weighted by molar-refractivity contribution is 5.84. The van der Waals surface area contributed by atoms with Gasteiger partial charge in [-0.1, -0.05) is 6.42 Å². The van der Waals surface area contributed by atoms with E-state index in [-0.39, 0.29) is 5.92 Å². The lowest BCUT2D eigenvalue weighted by Crippen LogP contribution is -2.60. The molecule has 0 radical (unpaired) electrons. The zero-order chi connectivity index (χ0) is 14.8. The van der Waals surface area contributed by atoms with Gasteiger partial charge in [0, 0.05) is 8.39 Å². The normalized spacial score (nSPS) is 20.3. The molecule has 1 amide bonds. The molecule has 1 saturated carbocycles. The van der Waals surface area contributed by atoms with E-state index in [0.717, 1.165) is 24.2 Å². The molecule has 0 bridgehead atoms. The summed E-state index contributed by atoms with van der Waals surface area (Å²) in [5, 5.41) is 9.48. The molecular weight excluding hydrogens is 234 g/mol. The third-order valence-corrected chi connectivity index (χ3v) is 3.51. The molecule has 0 aliphatic heterocycles. The lowest BCUT2D eigenvalue weighted by Gasteiger charge is -2.45. The maximum atomic E-state index is 12.1. The minimum Gasteiger partial charge on any atom is -0.479 e. The van der Waals surface area contributed by atoms with Gasteiger partial charge in [0.25, 0.3) is 0 Å². The van der Waals surface area contributed by atoms with E-state index in [1.165, 1.54) is 6.92 Å². The van der Waals surface area contributed by atoms with Crippen LogP contribution >= 0.6 is 0 Å². The van der Waals surface area contributed by atoms with E-state index in [2.05, 4.69) is 0 Å². The Hall–Kier alpha value is -1.26. The van der Waals surface area contributed by atoms with Crippen molar-refractivity contribution in [1.29, 1.82) is 0 Å². The summed E-state index contributed by atoms with van der Waals surface area (Å²) in [4.78, 5) is 24.7. The number of hydrogen-bond acceptors (Lipinski definition) is 3. The summed E-state index contributed by atoms with van der Waals surface area (Å²) in [6.07, 6.45) is 1.76. The number of hydrogen-bond donors (Lipinski definition) is 1. The molecule has 18 heavy (non-hydrogen) atoms. The van der Waals surface area contributed by atoms with E-state index in [9.17, 15) is 14.7 Å². The van der Waals surface area contributed by atoms with Gasteiger partial charge in [-0.15, -0.1) is 0 Å². The van der Waals surface area contributed by atoms with Gasteiger partial charge in [-0.25, -0.2) is 9.59 Å². The topological polar surface area (TPSA) is 66.8 Å². The van der Waals surface area contributed by atoms with E-state index in [1.54, 1.807) is 20.8 Å². The minimum atomic E-state index is -1.36. The highest BCUT2D eigenvalue weighted by atomic mass is 16.6. The van der Waals surface area contributed by atoms with Gasteiger partial charge in [0.1, 0.15) is 11.1 Å². The molecule has 0 spiro atoms. The first kappa shape index (κ1) is 13.2. The Labute approximate surface area is 110 Å². The lowest BCUT2D eigenvalue weighted by molar-refractivity contribution is -0.155. The Morgan fingerprint density at radius 1 is 1.33 bits per heavy atom. The fourth-order valence-corrected chi connectivity index (χ4v) is 1.99. The molecule has 1 unspecified atom stereocenters. The van der Waals surface area contributed by atoms with Crippen molar-refractivity contribution in [2.24, 2.45) is 5.92 Å². The van der Waals surface area contributed by atoms with Crippen LogP contribution in [0.2, 0.25) is 0 Å². The van der Waals surface area contributed by atoms with Crippen LogP contribution < -0.4 is 0 Å². The molecule has 5 heteroatoms. The smallest absolute Gasteiger partial charge is 0.410 e. The molecule has 0 aromatic heterocycles. The van der Waals surface area contributed by atoms with Crippen molar-refractivity contribution in [2.45, 2.75) is 58.1 Å². The summed E-state index contributed by atoms with van der Waals surface area (Å²) >= 11 is 0. The Kier molecular flexibility index (Phi) is 3.50. The van der Waals surface area contributed by atoms with E-state index >= 15 is 0 Å². The highest BCUT2D eigenvalue weighted by Crippen LogP contribution is 2.39. The number of rotatable bonds is 3. The number of likely N-dealkylation sites (N-methyl/N-ethyl adjacent to an activating group) is 1. The first-order valence-corrected chi connectivity index (χ1v) is 6.16. The molecule has 1 aliphatic rings. The van der Waals surface area contributed by atoms with E-state index in [4.69, 9.17) is 6.11 Å². The van der Waals surface area contributed by atoms with Crippen LogP contribution in [0.25, 0.3) is 0 Å². The van der Waals surface area contributed by atoms with Crippen LogP contribution in [0.1, 0.15) is 48.3 Å². The largest absolute Gasteiger partial charge is 0.479 e. The second-order valence-electron chi connectivity index (χ2n) is 5.99. The van der Waals surface area contributed by atoms with Crippen LogP contribution in [0, 0.1) is 5.92 Å². The number of carboxylic acids is 1. The molecular formula is C13H23NO4. The van der Waals surface area contributed by atoms with Crippen LogP contribution in [-0.4, -0.2) is 40.2 Å². The zero-order valence-corrected chi connectivity index (χ0v) is 11.5. The van der Waals surface area contributed by atoms with E-state index in [0.29, 0.717) is 0 Å². The number of carbonyl (C=O) groups is 2. The molecule has 1 rings (SSSR count). The minimum absolute atomic E-state index is 0.108. The van der Waals surface area contributed by atoms with Crippen molar-refractivity contribution in [2.75, 3.05) is 7.02 Å². The van der Waals surface area contributed by atoms with Gasteiger partial charge < -0.3 is 9.84 Å². The molecule has 0 aromatic rings. The Balaban J connectivity index is 2.97. The van der Waals surface area contributed by atoms with Crippen LogP contribution in [0.3, 0.4) is 0 Å². The molecule has 0 saturated heterocycles. The van der Waals surface area contributed by atoms with Crippen molar-refractivity contribution < 1.29 is 20.8 Å². The maximum absolute atomic E-state index is 12.1. The van der Waals surface area contributed by atoms with E-state index < -0.39 is 30.2 Å². The SMILES string of the molecule is [2H]CN(C(=O)OC(C)(C)C)C(C)(C(=O)O)C1CCC1. The predicted octanol–water partition coefficient (Wildman–Crippen LogP) is 2.50. The van der Waals surface area contributed by atoms with Gasteiger partial charge in [-0.2, -0.15) is 0 Å². The molecule has 1 N–H and O–H groups in total. The van der Waals surface area contributed by atoms with E-state index in [1.807, 2.05) is 0 Å². The lowest BCUT2D eigenvalue weighted by atomic mass is 9.71. The van der Waals surface area contributed by atoms with Crippen molar-refractivity contribution in [3.63, 3.8) is 0 Å². The summed E-state index contributed by atoms with van der Waals surface area (Å²) in [6.45, 7) is 6.66. The van der Waals surface area contributed by atoms with Crippen LogP contribution in [0.5, 0.6) is 0 Å². The van der Waals surface area contributed by atoms with Gasteiger partial charge in [-0.05, 0) is 46.5 Å². The summed E-state index contributed by atoms with van der Waals surface area (Å²) in [7, 11) is -0.422. The number of carbonyl (C=O) groups excluding carboxylic acids is 1. The fraction of sp³-hybridized carbons (Fsp3) is 0.846. The van der Waals surface area contributed by atoms with Crippen LogP contribution in [-0.2, 0) is 9.53 Å². The van der Waals surface area contributed by atoms with Crippen LogP contribution in [0.15, 0.2) is 0 Å². The molecule has 104 valence electrons. The van der Waals surface area contributed by atoms with Crippen molar-refractivity contribution in [3.05, 3.63) is 0 Å². The molecule has 0 heterocycles. The average Bonchev–Trinajstić information content (AvgIpc) is 2.11. The van der Waals surface area contributed by atoms with Gasteiger partial charge in [-0.3, -0.25) is 4.90 Å². The second kappa shape index (κ2) is 4.78. The average molecular weight is 258 g/mol. The van der Waals surface area contributed by atoms with Gasteiger partial charge in [0.15, 0.2) is 0 Å². The number of amides is 1. The molecule has 5 nitrogen and oxygen atoms in total. The van der Waals surface area contributed by atoms with Crippen molar-refractivity contribution >= 4 is 12.1 Å². The zero-order valence-electron chi connectivity index (χ0n) is 12.5. The summed E-state index contributed by atoms with van der Waals surface area (Å²) in [5.74, 6) is -1.18. The molecule has 0 aromatic carbocycles. The van der Waals surface area contributed by atoms with Gasteiger partial charge in [0.05, 0.1) is 0 Å². The van der Waals surface area contributed by atoms with Gasteiger partial charge >= 0.3 is 12.1 Å². The fourth-order valence-electron chi connectivity index (χ4n) is 1.99. The van der Waals surface area contributed by atoms with Crippen molar-refractivity contribution in [3.8, 4) is 0 Å². The quantitative estimate of drug-likeness (QED) is 0.844. The van der Waals surface area contributed by atoms with Crippen molar-refractivity contribution in [1.82, 2.24) is 4.90 Å². The summed E-state index contributed by atoms with van der Waals surface area (Å²) in [5.41, 5.74) is -2.06. The third kappa shape index (κ3) is 2.76. The Bertz CT molecular complexity index is 362. The third-order valence-electron chi connectivity index (χ3n) is 3.51. The summed E-state index contributed by atoms with van der Waals surface area (Å²) in [6, 6.07) is 0.